The molecule has 266 valence electrons. The maximum absolute atomic E-state index is 13.7. The molecule has 9 heteroatoms. The Morgan fingerprint density at radius 1 is 0.660 bits per heavy atom. The fourth-order valence-corrected chi connectivity index (χ4v) is 5.92. The summed E-state index contributed by atoms with van der Waals surface area (Å²) in [6, 6.07) is 21.3. The van der Waals surface area contributed by atoms with Crippen LogP contribution in [0.3, 0.4) is 0 Å². The van der Waals surface area contributed by atoms with Crippen molar-refractivity contribution in [2.45, 2.75) is 103 Å². The lowest BCUT2D eigenvalue weighted by molar-refractivity contribution is -0.206. The van der Waals surface area contributed by atoms with Crippen molar-refractivity contribution < 1.29 is 42.1 Å². The van der Waals surface area contributed by atoms with Gasteiger partial charge in [-0.2, -0.15) is 13.2 Å². The summed E-state index contributed by atoms with van der Waals surface area (Å²) in [5, 5.41) is 10.6. The number of alkyl halides is 3. The van der Waals surface area contributed by atoms with Crippen LogP contribution in [0.5, 0.6) is 5.75 Å². The number of esters is 2. The summed E-state index contributed by atoms with van der Waals surface area (Å²) in [5.41, 5.74) is 3.00. The van der Waals surface area contributed by atoms with E-state index in [1.165, 1.54) is 18.2 Å². The van der Waals surface area contributed by atoms with Gasteiger partial charge in [0.25, 0.3) is 0 Å². The van der Waals surface area contributed by atoms with E-state index in [9.17, 15) is 32.7 Å². The summed E-state index contributed by atoms with van der Waals surface area (Å²) < 4.78 is 51.9. The summed E-state index contributed by atoms with van der Waals surface area (Å²) in [6.45, 7) is 4.13. The molecule has 50 heavy (non-hydrogen) atoms. The fraction of sp³-hybridized carbons (Fsp3) is 0.390. The van der Waals surface area contributed by atoms with Gasteiger partial charge >= 0.3 is 24.1 Å². The van der Waals surface area contributed by atoms with Crippen molar-refractivity contribution in [3.8, 4) is 16.9 Å². The summed E-state index contributed by atoms with van der Waals surface area (Å²) in [6.07, 6.45) is 2.64. The third-order valence-electron chi connectivity index (χ3n) is 8.77. The summed E-state index contributed by atoms with van der Waals surface area (Å²) in [4.78, 5) is 37.2. The number of carboxylic acids is 1. The predicted octanol–water partition coefficient (Wildman–Crippen LogP) is 11.4. The smallest absolute Gasteiger partial charge is 0.425 e. The number of carbonyl (C=O) groups excluding carboxylic acids is 2. The van der Waals surface area contributed by atoms with Gasteiger partial charge in [-0.1, -0.05) is 95.5 Å². The molecule has 1 N–H and O–H groups in total. The second-order valence-electron chi connectivity index (χ2n) is 12.7. The molecule has 6 nitrogen and oxygen atoms in total. The van der Waals surface area contributed by atoms with Crippen LogP contribution in [0.4, 0.5) is 13.2 Å². The monoisotopic (exact) mass is 690 g/mol. The first-order valence-electron chi connectivity index (χ1n) is 17.5. The van der Waals surface area contributed by atoms with Crippen LogP contribution >= 0.6 is 0 Å². The van der Waals surface area contributed by atoms with E-state index < -0.39 is 30.2 Å². The van der Waals surface area contributed by atoms with Crippen molar-refractivity contribution in [2.24, 2.45) is 0 Å². The molecule has 0 bridgehead atoms. The number of unbranched alkanes of at least 4 members (excludes halogenated alkanes) is 8. The van der Waals surface area contributed by atoms with Crippen molar-refractivity contribution in [1.82, 2.24) is 0 Å². The van der Waals surface area contributed by atoms with Gasteiger partial charge in [0, 0.05) is 0 Å². The number of rotatable bonds is 18. The first-order valence-corrected chi connectivity index (χ1v) is 17.5. The van der Waals surface area contributed by atoms with Crippen LogP contribution in [0.25, 0.3) is 21.9 Å². The zero-order chi connectivity index (χ0) is 36.1. The number of carbonyl (C=O) groups is 3. The topological polar surface area (TPSA) is 89.9 Å². The highest BCUT2D eigenvalue weighted by Gasteiger charge is 2.42. The molecule has 0 radical (unpaired) electrons. The average molecular weight is 691 g/mol. The Labute approximate surface area is 291 Å². The Kier molecular flexibility index (Phi) is 14.0. The third kappa shape index (κ3) is 10.9. The molecule has 0 aromatic heterocycles. The molecular formula is C41H45F3O6. The molecule has 0 saturated carbocycles. The molecular weight excluding hydrogens is 645 g/mol. The number of aryl methyl sites for hydroxylation is 1. The van der Waals surface area contributed by atoms with E-state index in [-0.39, 0.29) is 17.5 Å². The van der Waals surface area contributed by atoms with E-state index in [4.69, 9.17) is 9.47 Å². The maximum Gasteiger partial charge on any atom is 0.425 e. The number of fused-ring (bicyclic) bond motifs is 1. The van der Waals surface area contributed by atoms with Crippen molar-refractivity contribution in [3.63, 3.8) is 0 Å². The van der Waals surface area contributed by atoms with Gasteiger partial charge in [-0.05, 0) is 102 Å². The quantitative estimate of drug-likeness (QED) is 0.0635. The molecule has 0 fully saturated rings. The molecule has 0 aliphatic rings. The Morgan fingerprint density at radius 2 is 1.22 bits per heavy atom. The zero-order valence-corrected chi connectivity index (χ0v) is 28.7. The summed E-state index contributed by atoms with van der Waals surface area (Å²) in [7, 11) is 0. The van der Waals surface area contributed by atoms with Crippen LogP contribution in [0.1, 0.15) is 121 Å². The van der Waals surface area contributed by atoms with Crippen molar-refractivity contribution >= 4 is 28.7 Å². The van der Waals surface area contributed by atoms with Crippen LogP contribution < -0.4 is 4.74 Å². The van der Waals surface area contributed by atoms with E-state index in [1.807, 2.05) is 6.92 Å². The van der Waals surface area contributed by atoms with Crippen LogP contribution in [-0.4, -0.2) is 35.3 Å². The minimum atomic E-state index is -4.64. The molecule has 4 aromatic carbocycles. The number of hydrogen-bond donors (Lipinski definition) is 1. The maximum atomic E-state index is 13.7. The number of halogens is 3. The molecule has 4 rings (SSSR count). The molecule has 4 aromatic rings. The molecule has 0 saturated heterocycles. The van der Waals surface area contributed by atoms with Crippen molar-refractivity contribution in [3.05, 3.63) is 101 Å². The SMILES string of the molecule is CCCCCCCCc1cc(C(=O)OC(CCCCCC)C(F)(F)F)ccc1-c1ccc(OC(=O)c2ccc3cc(C(=O)O)ccc3c2)cc1. The second kappa shape index (κ2) is 18.4. The molecule has 0 aliphatic heterocycles. The van der Waals surface area contributed by atoms with Crippen LogP contribution in [-0.2, 0) is 11.2 Å². The normalized spacial score (nSPS) is 12.1. The van der Waals surface area contributed by atoms with Gasteiger partial charge in [0.15, 0.2) is 6.10 Å². The first kappa shape index (κ1) is 38.1. The number of carboxylic acid groups (broad SMARTS) is 1. The van der Waals surface area contributed by atoms with E-state index in [1.54, 1.807) is 60.7 Å². The Morgan fingerprint density at radius 3 is 1.86 bits per heavy atom. The van der Waals surface area contributed by atoms with E-state index in [0.29, 0.717) is 41.3 Å². The van der Waals surface area contributed by atoms with Gasteiger partial charge in [-0.3, -0.25) is 0 Å². The predicted molar refractivity (Wildman–Crippen MR) is 189 cm³/mol. The molecule has 0 amide bonds. The molecule has 1 atom stereocenters. The Bertz CT molecular complexity index is 1750. The van der Waals surface area contributed by atoms with E-state index in [2.05, 4.69) is 6.92 Å². The van der Waals surface area contributed by atoms with Gasteiger partial charge in [0.2, 0.25) is 0 Å². The zero-order valence-electron chi connectivity index (χ0n) is 28.7. The lowest BCUT2D eigenvalue weighted by Crippen LogP contribution is -2.33. The minimum Gasteiger partial charge on any atom is -0.478 e. The lowest BCUT2D eigenvalue weighted by atomic mass is 9.93. The van der Waals surface area contributed by atoms with Crippen LogP contribution in [0.2, 0.25) is 0 Å². The number of ether oxygens (including phenoxy) is 2. The highest BCUT2D eigenvalue weighted by molar-refractivity contribution is 5.99. The summed E-state index contributed by atoms with van der Waals surface area (Å²) in [5.74, 6) is -2.28. The van der Waals surface area contributed by atoms with Gasteiger partial charge in [0.05, 0.1) is 16.7 Å². The largest absolute Gasteiger partial charge is 0.478 e. The van der Waals surface area contributed by atoms with Crippen molar-refractivity contribution in [1.29, 1.82) is 0 Å². The average Bonchev–Trinajstić information content (AvgIpc) is 3.10. The number of aromatic carboxylic acids is 1. The molecule has 0 aliphatic carbocycles. The number of hydrogen-bond acceptors (Lipinski definition) is 5. The second-order valence-corrected chi connectivity index (χ2v) is 12.7. The van der Waals surface area contributed by atoms with E-state index in [0.717, 1.165) is 68.1 Å². The summed E-state index contributed by atoms with van der Waals surface area (Å²) >= 11 is 0. The molecule has 0 heterocycles. The fourth-order valence-electron chi connectivity index (χ4n) is 5.92. The van der Waals surface area contributed by atoms with Crippen LogP contribution in [0, 0.1) is 0 Å². The number of benzene rings is 4. The van der Waals surface area contributed by atoms with Gasteiger partial charge in [0.1, 0.15) is 5.75 Å². The first-order chi connectivity index (χ1) is 24.0. The van der Waals surface area contributed by atoms with E-state index >= 15 is 0 Å². The van der Waals surface area contributed by atoms with Gasteiger partial charge in [-0.25, -0.2) is 14.4 Å². The third-order valence-corrected chi connectivity index (χ3v) is 8.77. The van der Waals surface area contributed by atoms with Gasteiger partial charge in [-0.15, -0.1) is 0 Å². The standard InChI is InChI=1S/C41H45F3O6/c1-3-5-7-9-10-11-13-31-27-34(40(48)50-37(41(42,43)44)14-12-8-6-4-2)21-24-36(31)28-19-22-35(23-20-28)49-39(47)33-18-16-29-25-32(38(45)46)17-15-30(29)26-33/h15-27,37H,3-14H2,1-2H3,(H,45,46). The van der Waals surface area contributed by atoms with Crippen LogP contribution in [0.15, 0.2) is 78.9 Å². The van der Waals surface area contributed by atoms with Gasteiger partial charge < -0.3 is 14.6 Å². The highest BCUT2D eigenvalue weighted by Crippen LogP contribution is 2.31. The Hall–Kier alpha value is -4.66. The molecule has 0 spiro atoms. The minimum absolute atomic E-state index is 0.0812. The Balaban J connectivity index is 1.50. The highest BCUT2D eigenvalue weighted by atomic mass is 19.4. The van der Waals surface area contributed by atoms with Crippen molar-refractivity contribution in [2.75, 3.05) is 0 Å². The lowest BCUT2D eigenvalue weighted by Gasteiger charge is -2.21. The molecule has 1 unspecified atom stereocenters.